The van der Waals surface area contributed by atoms with Crippen molar-refractivity contribution in [3.8, 4) is 5.75 Å². The van der Waals surface area contributed by atoms with Gasteiger partial charge in [0.25, 0.3) is 0 Å². The summed E-state index contributed by atoms with van der Waals surface area (Å²) >= 11 is 0. The van der Waals surface area contributed by atoms with Gasteiger partial charge in [-0.1, -0.05) is 12.1 Å². The van der Waals surface area contributed by atoms with Gasteiger partial charge in [0.1, 0.15) is 12.3 Å². The second-order valence-corrected chi connectivity index (χ2v) is 6.79. The second-order valence-electron chi connectivity index (χ2n) is 6.79. The Morgan fingerprint density at radius 2 is 1.68 bits per heavy atom. The van der Waals surface area contributed by atoms with E-state index in [-0.39, 0.29) is 24.5 Å². The molecule has 3 rings (SSSR count). The van der Waals surface area contributed by atoms with Crippen molar-refractivity contribution in [2.75, 3.05) is 18.9 Å². The zero-order valence-electron chi connectivity index (χ0n) is 16.6. The Bertz CT molecular complexity index is 1170. The number of anilines is 1. The van der Waals surface area contributed by atoms with Crippen molar-refractivity contribution in [2.24, 2.45) is 7.05 Å². The Morgan fingerprint density at radius 3 is 2.29 bits per heavy atom. The summed E-state index contributed by atoms with van der Waals surface area (Å²) in [6.07, 6.45) is -4.81. The molecule has 0 bridgehead atoms. The maximum absolute atomic E-state index is 12.5. The molecular weight excluding hydrogens is 417 g/mol. The number of fused-ring (bicyclic) bond motifs is 1. The van der Waals surface area contributed by atoms with E-state index in [1.54, 1.807) is 31.3 Å². The lowest BCUT2D eigenvalue weighted by atomic mass is 10.3. The molecule has 3 aromatic rings. The summed E-state index contributed by atoms with van der Waals surface area (Å²) in [6, 6.07) is 11.6. The molecule has 0 aliphatic carbocycles. The minimum Gasteiger partial charge on any atom is -0.406 e. The van der Waals surface area contributed by atoms with Crippen LogP contribution in [0.4, 0.5) is 18.9 Å². The van der Waals surface area contributed by atoms with E-state index in [1.165, 1.54) is 28.3 Å². The van der Waals surface area contributed by atoms with Crippen LogP contribution in [0.25, 0.3) is 11.0 Å². The van der Waals surface area contributed by atoms with E-state index in [9.17, 15) is 27.6 Å². The fraction of sp³-hybridized carbons (Fsp3) is 0.250. The number of imidazole rings is 1. The highest BCUT2D eigenvalue weighted by Crippen LogP contribution is 2.23. The number of para-hydroxylation sites is 2. The van der Waals surface area contributed by atoms with Gasteiger partial charge in [-0.2, -0.15) is 0 Å². The third-order valence-electron chi connectivity index (χ3n) is 4.52. The molecule has 1 heterocycles. The van der Waals surface area contributed by atoms with Gasteiger partial charge >= 0.3 is 12.1 Å². The van der Waals surface area contributed by atoms with Crippen molar-refractivity contribution < 1.29 is 27.5 Å². The van der Waals surface area contributed by atoms with Crippen molar-refractivity contribution in [3.05, 3.63) is 59.0 Å². The third kappa shape index (κ3) is 5.24. The van der Waals surface area contributed by atoms with Crippen LogP contribution in [0, 0.1) is 0 Å². The normalized spacial score (nSPS) is 11.4. The lowest BCUT2D eigenvalue weighted by Gasteiger charge is -2.17. The average Bonchev–Trinajstić information content (AvgIpc) is 2.93. The summed E-state index contributed by atoms with van der Waals surface area (Å²) in [5, 5.41) is 2.48. The number of amides is 2. The van der Waals surface area contributed by atoms with E-state index < -0.39 is 23.9 Å². The topological polar surface area (TPSA) is 85.6 Å². The van der Waals surface area contributed by atoms with Crippen molar-refractivity contribution in [1.29, 1.82) is 0 Å². The van der Waals surface area contributed by atoms with Gasteiger partial charge in [-0.25, -0.2) is 4.79 Å². The highest BCUT2D eigenvalue weighted by Gasteiger charge is 2.31. The molecule has 0 saturated heterocycles. The first kappa shape index (κ1) is 21.9. The smallest absolute Gasteiger partial charge is 0.406 e. The lowest BCUT2D eigenvalue weighted by molar-refractivity contribution is -0.274. The van der Waals surface area contributed by atoms with Gasteiger partial charge in [0.05, 0.1) is 17.6 Å². The van der Waals surface area contributed by atoms with Crippen molar-refractivity contribution in [2.45, 2.75) is 12.9 Å². The first-order valence-electron chi connectivity index (χ1n) is 9.09. The lowest BCUT2D eigenvalue weighted by Crippen LogP contribution is -2.38. The average molecular weight is 436 g/mol. The molecular formula is C20H19F3N4O4. The number of halogens is 3. The number of hydrogen-bond acceptors (Lipinski definition) is 4. The number of hydrogen-bond donors (Lipinski definition) is 1. The predicted molar refractivity (Wildman–Crippen MR) is 107 cm³/mol. The Labute approximate surface area is 174 Å². The fourth-order valence-corrected chi connectivity index (χ4v) is 3.02. The highest BCUT2D eigenvalue weighted by atomic mass is 19.4. The van der Waals surface area contributed by atoms with Gasteiger partial charge in [-0.3, -0.25) is 18.7 Å². The van der Waals surface area contributed by atoms with Crippen LogP contribution < -0.4 is 15.7 Å². The molecule has 0 unspecified atom stereocenters. The Kier molecular flexibility index (Phi) is 6.04. The van der Waals surface area contributed by atoms with Gasteiger partial charge in [0.15, 0.2) is 0 Å². The number of benzene rings is 2. The molecule has 0 aliphatic rings. The van der Waals surface area contributed by atoms with E-state index in [4.69, 9.17) is 0 Å². The zero-order chi connectivity index (χ0) is 22.8. The molecule has 0 aliphatic heterocycles. The number of ether oxygens (including phenoxy) is 1. The summed E-state index contributed by atoms with van der Waals surface area (Å²) in [5.41, 5.74) is 1.17. The molecule has 0 spiro atoms. The maximum atomic E-state index is 12.5. The molecule has 1 aromatic heterocycles. The maximum Gasteiger partial charge on any atom is 0.573 e. The number of nitrogens with zero attached hydrogens (tertiary/aromatic N) is 3. The summed E-state index contributed by atoms with van der Waals surface area (Å²) in [6.45, 7) is -0.549. The molecule has 1 N–H and O–H groups in total. The number of aryl methyl sites for hydroxylation is 1. The number of carbonyl (C=O) groups excluding carboxylic acids is 2. The highest BCUT2D eigenvalue weighted by molar-refractivity contribution is 5.94. The predicted octanol–water partition coefficient (Wildman–Crippen LogP) is 2.34. The monoisotopic (exact) mass is 436 g/mol. The van der Waals surface area contributed by atoms with Gasteiger partial charge in [-0.15, -0.1) is 13.2 Å². The Hall–Kier alpha value is -3.76. The Balaban J connectivity index is 1.61. The Morgan fingerprint density at radius 1 is 1.06 bits per heavy atom. The number of alkyl halides is 3. The van der Waals surface area contributed by atoms with Crippen LogP contribution in [-0.2, 0) is 23.2 Å². The van der Waals surface area contributed by atoms with Gasteiger partial charge < -0.3 is 15.0 Å². The first-order valence-corrected chi connectivity index (χ1v) is 9.09. The first-order chi connectivity index (χ1) is 14.5. The number of nitrogens with one attached hydrogen (secondary N) is 1. The molecule has 0 fully saturated rings. The number of aromatic nitrogens is 2. The molecule has 8 nitrogen and oxygen atoms in total. The van der Waals surface area contributed by atoms with E-state index >= 15 is 0 Å². The van der Waals surface area contributed by atoms with Gasteiger partial charge in [-0.05, 0) is 36.4 Å². The van der Waals surface area contributed by atoms with Crippen LogP contribution in [0.2, 0.25) is 0 Å². The molecule has 164 valence electrons. The van der Waals surface area contributed by atoms with E-state index in [1.807, 2.05) is 0 Å². The van der Waals surface area contributed by atoms with E-state index in [0.29, 0.717) is 11.0 Å². The second kappa shape index (κ2) is 8.54. The largest absolute Gasteiger partial charge is 0.573 e. The molecule has 31 heavy (non-hydrogen) atoms. The summed E-state index contributed by atoms with van der Waals surface area (Å²) in [7, 11) is 3.02. The van der Waals surface area contributed by atoms with Crippen molar-refractivity contribution >= 4 is 28.5 Å². The van der Waals surface area contributed by atoms with Crippen molar-refractivity contribution in [1.82, 2.24) is 14.0 Å². The molecule has 11 heteroatoms. The molecule has 0 saturated carbocycles. The SMILES string of the molecule is CN(CC(=O)Nc1ccc(OC(F)(F)F)cc1)C(=O)Cn1c(=O)n(C)c2ccccc21. The van der Waals surface area contributed by atoms with Crippen LogP contribution in [-0.4, -0.2) is 45.8 Å². The molecule has 2 amide bonds. The minimum absolute atomic E-state index is 0.241. The third-order valence-corrected chi connectivity index (χ3v) is 4.52. The number of likely N-dealkylation sites (N-methyl/N-ethyl adjacent to an activating group) is 1. The zero-order valence-corrected chi connectivity index (χ0v) is 16.6. The molecule has 0 atom stereocenters. The molecule has 2 aromatic carbocycles. The summed E-state index contributed by atoms with van der Waals surface area (Å²) in [5.74, 6) is -1.42. The summed E-state index contributed by atoms with van der Waals surface area (Å²) in [4.78, 5) is 38.3. The van der Waals surface area contributed by atoms with Crippen molar-refractivity contribution in [3.63, 3.8) is 0 Å². The minimum atomic E-state index is -4.81. The van der Waals surface area contributed by atoms with Gasteiger partial charge in [0.2, 0.25) is 11.8 Å². The van der Waals surface area contributed by atoms with Crippen LogP contribution in [0.15, 0.2) is 53.3 Å². The summed E-state index contributed by atoms with van der Waals surface area (Å²) < 4.78 is 43.1. The fourth-order valence-electron chi connectivity index (χ4n) is 3.02. The van der Waals surface area contributed by atoms with Crippen LogP contribution in [0.1, 0.15) is 0 Å². The molecule has 0 radical (unpaired) electrons. The van der Waals surface area contributed by atoms with Crippen LogP contribution in [0.3, 0.4) is 0 Å². The number of rotatable bonds is 6. The standard InChI is InChI=1S/C20H19F3N4O4/c1-25(11-17(28)24-13-7-9-14(10-8-13)31-20(21,22)23)18(29)12-27-16-6-4-3-5-15(16)26(2)19(27)30/h3-10H,11-12H2,1-2H3,(H,24,28). The number of carbonyl (C=O) groups is 2. The van der Waals surface area contributed by atoms with Crippen LogP contribution >= 0.6 is 0 Å². The van der Waals surface area contributed by atoms with E-state index in [0.717, 1.165) is 17.0 Å². The quantitative estimate of drug-likeness (QED) is 0.643. The van der Waals surface area contributed by atoms with Gasteiger partial charge in [0, 0.05) is 19.8 Å². The van der Waals surface area contributed by atoms with E-state index in [2.05, 4.69) is 10.1 Å². The van der Waals surface area contributed by atoms with Crippen LogP contribution in [0.5, 0.6) is 5.75 Å².